The van der Waals surface area contributed by atoms with Gasteiger partial charge in [-0.1, -0.05) is 66.7 Å². The van der Waals surface area contributed by atoms with Gasteiger partial charge in [0.1, 0.15) is 16.3 Å². The highest BCUT2D eigenvalue weighted by molar-refractivity contribution is 8.00. The van der Waals surface area contributed by atoms with Crippen molar-refractivity contribution in [3.8, 4) is 0 Å². The quantitative estimate of drug-likeness (QED) is 0.0883. The number of benzene rings is 3. The highest BCUT2D eigenvalue weighted by Gasteiger charge is 2.56. The first-order valence-corrected chi connectivity index (χ1v) is 20.9. The standard InChI is InChI=1S/C38H43NO11S3/c1-38(2,3)52(43)39-29-23-15-14-22-28(24-46-53(4,44)45)51-37-33(49-36(42)27-20-12-7-13-21-27)32(48-35(41)26-18-10-6-11-19-26)31(30(29)50-37)47-34(40)25-16-8-5-9-17-25/h5-21,28-33,37,39H,22-24H2,1-4H3/b15-14-/t28?,29-,30-,31+,32+,33-,37-,52?/m1/s1. The molecular weight excluding hydrogens is 743 g/mol. The zero-order chi connectivity index (χ0) is 38.2. The molecular formula is C38H43NO11S3. The van der Waals surface area contributed by atoms with Gasteiger partial charge in [0.2, 0.25) is 0 Å². The second kappa shape index (κ2) is 18.1. The predicted octanol–water partition coefficient (Wildman–Crippen LogP) is 5.24. The van der Waals surface area contributed by atoms with E-state index < -0.39 is 85.3 Å². The molecule has 1 N–H and O–H groups in total. The van der Waals surface area contributed by atoms with Crippen molar-refractivity contribution in [2.45, 2.75) is 79.5 Å². The van der Waals surface area contributed by atoms with Gasteiger partial charge >= 0.3 is 17.9 Å². The Morgan fingerprint density at radius 1 is 0.774 bits per heavy atom. The third-order valence-corrected chi connectivity index (χ3v) is 11.8. The fourth-order valence-electron chi connectivity index (χ4n) is 5.57. The molecule has 53 heavy (non-hydrogen) atoms. The second-order valence-corrected chi connectivity index (χ2v) is 18.5. The molecule has 0 spiro atoms. The normalized spacial score (nSPS) is 26.0. The molecule has 0 radical (unpaired) electrons. The summed E-state index contributed by atoms with van der Waals surface area (Å²) in [6.07, 6.45) is -0.243. The molecule has 5 rings (SSSR count). The molecule has 1 saturated heterocycles. The molecule has 0 aliphatic carbocycles. The van der Waals surface area contributed by atoms with Crippen LogP contribution in [-0.2, 0) is 44.6 Å². The third-order valence-electron chi connectivity index (χ3n) is 8.25. The molecule has 8 atom stereocenters. The van der Waals surface area contributed by atoms with Crippen LogP contribution in [-0.4, -0.2) is 89.6 Å². The van der Waals surface area contributed by atoms with E-state index in [9.17, 15) is 27.4 Å². The molecule has 2 aliphatic heterocycles. The molecule has 284 valence electrons. The Morgan fingerprint density at radius 3 is 1.70 bits per heavy atom. The fraction of sp³-hybridized carbons (Fsp3) is 0.395. The molecule has 0 saturated carbocycles. The first kappa shape index (κ1) is 40.5. The van der Waals surface area contributed by atoms with Crippen LogP contribution in [0.25, 0.3) is 0 Å². The van der Waals surface area contributed by atoms with Crippen LogP contribution in [0.2, 0.25) is 0 Å². The van der Waals surface area contributed by atoms with E-state index in [0.717, 1.165) is 18.0 Å². The number of thioether (sulfide) groups is 1. The van der Waals surface area contributed by atoms with Gasteiger partial charge in [-0.3, -0.25) is 4.18 Å². The Labute approximate surface area is 317 Å². The topological polar surface area (TPSA) is 167 Å². The van der Waals surface area contributed by atoms with Crippen molar-refractivity contribution in [2.24, 2.45) is 0 Å². The van der Waals surface area contributed by atoms with E-state index in [4.69, 9.17) is 23.1 Å². The molecule has 15 heteroatoms. The number of allylic oxidation sites excluding steroid dienone is 1. The average Bonchev–Trinajstić information content (AvgIpc) is 3.13. The third kappa shape index (κ3) is 11.4. The number of esters is 3. The molecule has 2 heterocycles. The lowest BCUT2D eigenvalue weighted by atomic mass is 9.92. The lowest BCUT2D eigenvalue weighted by Gasteiger charge is -2.47. The number of hydrogen-bond acceptors (Lipinski definition) is 13. The summed E-state index contributed by atoms with van der Waals surface area (Å²) in [5, 5.41) is -0.549. The van der Waals surface area contributed by atoms with E-state index in [1.807, 2.05) is 12.2 Å². The average molecular weight is 786 g/mol. The number of fused-ring (bicyclic) bond motifs is 2. The van der Waals surface area contributed by atoms with E-state index >= 15 is 0 Å². The summed E-state index contributed by atoms with van der Waals surface area (Å²) in [6, 6.07) is 23.8. The van der Waals surface area contributed by atoms with Gasteiger partial charge in [-0.05, 0) is 70.0 Å². The molecule has 2 bridgehead atoms. The summed E-state index contributed by atoms with van der Waals surface area (Å²) in [7, 11) is -3.83. The molecule has 0 aromatic heterocycles. The van der Waals surface area contributed by atoms with E-state index in [1.165, 1.54) is 0 Å². The number of ether oxygens (including phenoxy) is 4. The molecule has 0 amide bonds. The molecule has 2 unspecified atom stereocenters. The molecule has 12 nitrogen and oxygen atoms in total. The largest absolute Gasteiger partial charge is 0.598 e. The lowest BCUT2D eigenvalue weighted by Crippen LogP contribution is -2.66. The number of nitrogens with one attached hydrogen (secondary N) is 1. The van der Waals surface area contributed by atoms with Gasteiger partial charge in [0.15, 0.2) is 18.3 Å². The van der Waals surface area contributed by atoms with Crippen molar-refractivity contribution in [1.29, 1.82) is 0 Å². The minimum atomic E-state index is -3.83. The SMILES string of the molecule is CC(C)(C)[S+]([O-])N[C@@H]1C/C=C\CC(COS(C)(=O)=O)S[C@H]2O[C@H]1[C@H](OC(=O)c1ccccc1)[C@H](OC(=O)c1ccccc1)[C@H]2OC(=O)c1ccccc1. The Bertz CT molecular complexity index is 1820. The summed E-state index contributed by atoms with van der Waals surface area (Å²) in [4.78, 5) is 41.4. The van der Waals surface area contributed by atoms with Crippen molar-refractivity contribution in [3.63, 3.8) is 0 Å². The summed E-state index contributed by atoms with van der Waals surface area (Å²) in [6.45, 7) is 5.16. The van der Waals surface area contributed by atoms with E-state index in [-0.39, 0.29) is 29.7 Å². The van der Waals surface area contributed by atoms with E-state index in [1.54, 1.807) is 112 Å². The zero-order valence-corrected chi connectivity index (χ0v) is 32.1. The van der Waals surface area contributed by atoms with Gasteiger partial charge < -0.3 is 23.5 Å². The lowest BCUT2D eigenvalue weighted by molar-refractivity contribution is -0.205. The van der Waals surface area contributed by atoms with Gasteiger partial charge in [-0.2, -0.15) is 8.42 Å². The van der Waals surface area contributed by atoms with Crippen molar-refractivity contribution in [1.82, 2.24) is 4.72 Å². The summed E-state index contributed by atoms with van der Waals surface area (Å²) in [5.74, 6) is -2.31. The van der Waals surface area contributed by atoms with E-state index in [0.29, 0.717) is 6.42 Å². The van der Waals surface area contributed by atoms with Crippen LogP contribution >= 0.6 is 11.8 Å². The van der Waals surface area contributed by atoms with Crippen LogP contribution in [0.4, 0.5) is 0 Å². The zero-order valence-electron chi connectivity index (χ0n) is 29.7. The molecule has 2 aliphatic rings. The summed E-state index contributed by atoms with van der Waals surface area (Å²) in [5.41, 5.74) is -0.533. The van der Waals surface area contributed by atoms with Gasteiger partial charge in [0.05, 0.1) is 35.6 Å². The van der Waals surface area contributed by atoms with Crippen molar-refractivity contribution in [2.75, 3.05) is 12.9 Å². The smallest absolute Gasteiger partial charge is 0.338 e. The van der Waals surface area contributed by atoms with Crippen LogP contribution < -0.4 is 4.72 Å². The van der Waals surface area contributed by atoms with Crippen molar-refractivity contribution >= 4 is 51.1 Å². The second-order valence-electron chi connectivity index (χ2n) is 13.5. The molecule has 1 fully saturated rings. The van der Waals surface area contributed by atoms with Gasteiger partial charge in [-0.15, -0.1) is 16.5 Å². The highest BCUT2D eigenvalue weighted by atomic mass is 32.2. The Morgan fingerprint density at radius 2 is 1.23 bits per heavy atom. The molecule has 3 aromatic rings. The number of rotatable bonds is 11. The van der Waals surface area contributed by atoms with Gasteiger partial charge in [-0.25, -0.2) is 14.4 Å². The van der Waals surface area contributed by atoms with Crippen LogP contribution in [0, 0.1) is 0 Å². The number of carbonyl (C=O) groups excluding carboxylic acids is 3. The first-order valence-electron chi connectivity index (χ1n) is 17.0. The first-order chi connectivity index (χ1) is 25.2. The van der Waals surface area contributed by atoms with Crippen LogP contribution in [0.15, 0.2) is 103 Å². The maximum Gasteiger partial charge on any atom is 0.338 e. The van der Waals surface area contributed by atoms with Crippen molar-refractivity contribution in [3.05, 3.63) is 120 Å². The van der Waals surface area contributed by atoms with E-state index in [2.05, 4.69) is 4.72 Å². The van der Waals surface area contributed by atoms with Gasteiger partial charge in [0, 0.05) is 16.6 Å². The van der Waals surface area contributed by atoms with Crippen LogP contribution in [0.3, 0.4) is 0 Å². The van der Waals surface area contributed by atoms with Crippen molar-refractivity contribution < 1.29 is 50.5 Å². The molecule has 3 aromatic carbocycles. The fourth-order valence-corrected chi connectivity index (χ4v) is 8.23. The Kier molecular flexibility index (Phi) is 13.8. The Hall–Kier alpha value is -3.70. The van der Waals surface area contributed by atoms with Crippen LogP contribution in [0.5, 0.6) is 0 Å². The van der Waals surface area contributed by atoms with Crippen LogP contribution in [0.1, 0.15) is 64.7 Å². The predicted molar refractivity (Wildman–Crippen MR) is 201 cm³/mol. The van der Waals surface area contributed by atoms with Gasteiger partial charge in [0.25, 0.3) is 10.1 Å². The minimum Gasteiger partial charge on any atom is -0.598 e. The summed E-state index contributed by atoms with van der Waals surface area (Å²) >= 11 is -0.513. The number of carbonyl (C=O) groups is 3. The maximum absolute atomic E-state index is 13.9. The minimum absolute atomic E-state index is 0.188. The monoisotopic (exact) mass is 785 g/mol. The highest BCUT2D eigenvalue weighted by Crippen LogP contribution is 2.40. The number of hydrogen-bond donors (Lipinski definition) is 1. The maximum atomic E-state index is 13.9. The Balaban J connectivity index is 1.65. The summed E-state index contributed by atoms with van der Waals surface area (Å²) < 4.78 is 70.7.